The largest absolute Gasteiger partial charge is 0.455 e. The summed E-state index contributed by atoms with van der Waals surface area (Å²) in [4.78, 5) is 0. The number of hydrogen-bond donors (Lipinski definition) is 0. The van der Waals surface area contributed by atoms with Crippen LogP contribution in [0.15, 0.2) is 186 Å². The van der Waals surface area contributed by atoms with Crippen molar-refractivity contribution in [2.24, 2.45) is 0 Å². The van der Waals surface area contributed by atoms with E-state index in [9.17, 15) is 5.48 Å². The number of furan rings is 1. The maximum Gasteiger partial charge on any atom is 0.143 e. The summed E-state index contributed by atoms with van der Waals surface area (Å²) in [6.07, 6.45) is 0. The molecule has 0 fully saturated rings. The summed E-state index contributed by atoms with van der Waals surface area (Å²) in [6, 6.07) is 39.9. The van der Waals surface area contributed by atoms with Gasteiger partial charge in [-0.05, 0) is 89.6 Å². The van der Waals surface area contributed by atoms with Gasteiger partial charge in [0, 0.05) is 16.2 Å². The number of hydrogen-bond acceptors (Lipinski definition) is 1. The van der Waals surface area contributed by atoms with E-state index in [4.69, 9.17) is 9.90 Å². The fourth-order valence-corrected chi connectivity index (χ4v) is 7.39. The van der Waals surface area contributed by atoms with Gasteiger partial charge in [-0.15, -0.1) is 0 Å². The minimum absolute atomic E-state index is 0.173. The summed E-state index contributed by atoms with van der Waals surface area (Å²) >= 11 is 0. The second kappa shape index (κ2) is 11.1. The van der Waals surface area contributed by atoms with E-state index in [0.29, 0.717) is 27.8 Å². The van der Waals surface area contributed by atoms with Crippen LogP contribution in [0.4, 0.5) is 0 Å². The molecule has 1 heteroatoms. The molecule has 0 saturated carbocycles. The van der Waals surface area contributed by atoms with Crippen molar-refractivity contribution in [1.82, 2.24) is 0 Å². The Balaban J connectivity index is 1.36. The third-order valence-corrected chi connectivity index (χ3v) is 9.51. The minimum atomic E-state index is -0.436. The Labute approximate surface area is 295 Å². The molecule has 49 heavy (non-hydrogen) atoms. The molecule has 9 aromatic carbocycles. The van der Waals surface area contributed by atoms with Gasteiger partial charge in [-0.2, -0.15) is 0 Å². The van der Waals surface area contributed by atoms with E-state index >= 15 is 0 Å². The second-order valence-corrected chi connectivity index (χ2v) is 12.2. The van der Waals surface area contributed by atoms with Gasteiger partial charge in [0.25, 0.3) is 0 Å². The van der Waals surface area contributed by atoms with Gasteiger partial charge in [0.15, 0.2) is 0 Å². The van der Waals surface area contributed by atoms with Crippen LogP contribution < -0.4 is 0 Å². The van der Waals surface area contributed by atoms with Gasteiger partial charge in [0.05, 0.1) is 11.0 Å². The van der Waals surface area contributed by atoms with E-state index in [-0.39, 0.29) is 45.7 Å². The second-order valence-electron chi connectivity index (χ2n) is 12.2. The molecule has 0 spiro atoms. The highest BCUT2D eigenvalue weighted by Gasteiger charge is 2.20. The predicted molar refractivity (Wildman–Crippen MR) is 208 cm³/mol. The molecular formula is C48H30O. The summed E-state index contributed by atoms with van der Waals surface area (Å²) in [7, 11) is 0. The van der Waals surface area contributed by atoms with Gasteiger partial charge in [0.1, 0.15) is 11.2 Å². The van der Waals surface area contributed by atoms with Crippen molar-refractivity contribution in [3.05, 3.63) is 182 Å². The van der Waals surface area contributed by atoms with E-state index in [1.807, 2.05) is 115 Å². The fourth-order valence-electron chi connectivity index (χ4n) is 7.39. The van der Waals surface area contributed by atoms with E-state index in [2.05, 4.69) is 18.2 Å². The molecule has 1 aromatic heterocycles. The van der Waals surface area contributed by atoms with Crippen LogP contribution in [0.2, 0.25) is 0 Å². The molecule has 0 N–H and O–H groups in total. The highest BCUT2D eigenvalue weighted by Crippen LogP contribution is 2.47. The van der Waals surface area contributed by atoms with Crippen molar-refractivity contribution in [3.8, 4) is 44.5 Å². The Morgan fingerprint density at radius 3 is 1.76 bits per heavy atom. The van der Waals surface area contributed by atoms with Crippen molar-refractivity contribution in [1.29, 1.82) is 0 Å². The molecule has 1 nitrogen and oxygen atoms in total. The molecule has 0 aliphatic carbocycles. The summed E-state index contributed by atoms with van der Waals surface area (Å²) in [6.45, 7) is 0. The van der Waals surface area contributed by atoms with E-state index < -0.39 is 24.2 Å². The Morgan fingerprint density at radius 1 is 0.388 bits per heavy atom. The van der Waals surface area contributed by atoms with Crippen LogP contribution >= 0.6 is 0 Å². The number of fused-ring (bicyclic) bond motifs is 7. The lowest BCUT2D eigenvalue weighted by Crippen LogP contribution is -1.93. The van der Waals surface area contributed by atoms with Crippen LogP contribution in [-0.4, -0.2) is 0 Å². The smallest absolute Gasteiger partial charge is 0.143 e. The van der Waals surface area contributed by atoms with Crippen molar-refractivity contribution < 1.29 is 15.4 Å². The molecule has 0 radical (unpaired) electrons. The lowest BCUT2D eigenvalue weighted by molar-refractivity contribution is 0.673. The molecular weight excluding hydrogens is 593 g/mol. The van der Waals surface area contributed by atoms with Gasteiger partial charge < -0.3 is 4.42 Å². The monoisotopic (exact) mass is 630 g/mol. The van der Waals surface area contributed by atoms with Gasteiger partial charge in [0.2, 0.25) is 0 Å². The summed E-state index contributed by atoms with van der Waals surface area (Å²) < 4.78 is 79.8. The van der Waals surface area contributed by atoms with Crippen molar-refractivity contribution >= 4 is 54.3 Å². The molecule has 0 saturated heterocycles. The fraction of sp³-hybridized carbons (Fsp3) is 0. The topological polar surface area (TPSA) is 13.1 Å². The van der Waals surface area contributed by atoms with Crippen LogP contribution in [0.1, 0.15) is 11.0 Å². The van der Waals surface area contributed by atoms with Crippen LogP contribution in [0.3, 0.4) is 0 Å². The lowest BCUT2D eigenvalue weighted by Gasteiger charge is -2.20. The Kier molecular flexibility index (Phi) is 4.69. The van der Waals surface area contributed by atoms with Crippen LogP contribution in [0, 0.1) is 0 Å². The van der Waals surface area contributed by atoms with Crippen LogP contribution in [0.25, 0.3) is 98.8 Å². The molecule has 0 unspecified atom stereocenters. The summed E-state index contributed by atoms with van der Waals surface area (Å²) in [5, 5.41) is 4.64. The first-order valence-electron chi connectivity index (χ1n) is 20.2. The molecule has 0 aliphatic heterocycles. The van der Waals surface area contributed by atoms with Crippen LogP contribution in [-0.2, 0) is 0 Å². The lowest BCUT2D eigenvalue weighted by atomic mass is 9.83. The third kappa shape index (κ3) is 4.33. The van der Waals surface area contributed by atoms with Crippen molar-refractivity contribution in [3.63, 3.8) is 0 Å². The van der Waals surface area contributed by atoms with Crippen molar-refractivity contribution in [2.75, 3.05) is 0 Å². The standard InChI is InChI=1S/C48H30O/c1-2-14-31(15-3-1)35-19-6-7-21-38(35)46-41-24-10-8-22-39(41)45(40-23-9-11-25-42(40)46)34-18-12-17-33(30-34)36-26-13-27-44-47(36)43-29-28-32-16-4-5-20-37(32)48(43)49-44/h1-30H/i8D,9D,10D,11D,22D,23D,24D,25D. The first-order chi connectivity index (χ1) is 27.7. The highest BCUT2D eigenvalue weighted by atomic mass is 16.3. The zero-order valence-corrected chi connectivity index (χ0v) is 26.1. The quantitative estimate of drug-likeness (QED) is 0.176. The van der Waals surface area contributed by atoms with E-state index in [1.165, 1.54) is 0 Å². The molecule has 1 heterocycles. The van der Waals surface area contributed by atoms with Gasteiger partial charge >= 0.3 is 0 Å². The third-order valence-electron chi connectivity index (χ3n) is 9.51. The summed E-state index contributed by atoms with van der Waals surface area (Å²) in [5.41, 5.74) is 6.52. The zero-order valence-electron chi connectivity index (χ0n) is 34.1. The first kappa shape index (κ1) is 20.7. The molecule has 0 bridgehead atoms. The molecule has 10 rings (SSSR count). The predicted octanol–water partition coefficient (Wildman–Crippen LogP) is 13.7. The Hall–Kier alpha value is -6.44. The van der Waals surface area contributed by atoms with Crippen LogP contribution in [0.5, 0.6) is 0 Å². The van der Waals surface area contributed by atoms with Crippen molar-refractivity contribution in [2.45, 2.75) is 0 Å². The number of benzene rings is 9. The van der Waals surface area contributed by atoms with E-state index in [0.717, 1.165) is 49.4 Å². The van der Waals surface area contributed by atoms with Gasteiger partial charge in [-0.1, -0.05) is 164 Å². The average molecular weight is 631 g/mol. The molecule has 228 valence electrons. The Morgan fingerprint density at radius 2 is 0.980 bits per heavy atom. The zero-order chi connectivity index (χ0) is 39.3. The average Bonchev–Trinajstić information content (AvgIpc) is 3.65. The van der Waals surface area contributed by atoms with E-state index in [1.54, 1.807) is 0 Å². The molecule has 0 aliphatic rings. The maximum absolute atomic E-state index is 9.45. The van der Waals surface area contributed by atoms with Gasteiger partial charge in [-0.25, -0.2) is 0 Å². The molecule has 0 atom stereocenters. The molecule has 0 amide bonds. The Bertz CT molecular complexity index is 3250. The summed E-state index contributed by atoms with van der Waals surface area (Å²) in [5.74, 6) is 0. The SMILES string of the molecule is [2H]c1c([2H])c([2H])c2c(-c3ccccc3-c3ccccc3)c3c([2H])c([2H])c([2H])c([2H])c3c(-c3cccc(-c4cccc5oc6c7ccccc7ccc6c45)c3)c2c1[2H]. The minimum Gasteiger partial charge on any atom is -0.455 e. The van der Waals surface area contributed by atoms with Gasteiger partial charge in [-0.3, -0.25) is 0 Å². The number of rotatable bonds is 4. The molecule has 10 aromatic rings. The maximum atomic E-state index is 9.45. The first-order valence-corrected chi connectivity index (χ1v) is 16.2. The normalized spacial score (nSPS) is 14.0. The highest BCUT2D eigenvalue weighted by molar-refractivity contribution is 6.23.